The number of likely N-dealkylation sites (tertiary alicyclic amines) is 1. The predicted molar refractivity (Wildman–Crippen MR) is 128 cm³/mol. The molecule has 0 spiro atoms. The normalized spacial score (nSPS) is 21.8. The lowest BCUT2D eigenvalue weighted by atomic mass is 9.81. The summed E-state index contributed by atoms with van der Waals surface area (Å²) < 4.78 is 5.62. The van der Waals surface area contributed by atoms with E-state index in [9.17, 15) is 4.79 Å². The number of anilines is 2. The minimum absolute atomic E-state index is 0.00997. The summed E-state index contributed by atoms with van der Waals surface area (Å²) in [6.45, 7) is 4.44. The number of rotatable bonds is 5. The molecule has 0 aromatic heterocycles. The van der Waals surface area contributed by atoms with E-state index in [1.165, 1.54) is 16.8 Å². The maximum absolute atomic E-state index is 12.4. The van der Waals surface area contributed by atoms with Crippen LogP contribution in [0, 0.1) is 0 Å². The van der Waals surface area contributed by atoms with Gasteiger partial charge in [-0.15, -0.1) is 0 Å². The maximum Gasteiger partial charge on any atom is 0.417 e. The van der Waals surface area contributed by atoms with Gasteiger partial charge in [-0.25, -0.2) is 4.79 Å². The molecule has 0 unspecified atom stereocenters. The number of hydrogen-bond acceptors (Lipinski definition) is 4. The van der Waals surface area contributed by atoms with Crippen LogP contribution in [0.2, 0.25) is 0 Å². The van der Waals surface area contributed by atoms with Crippen LogP contribution in [-0.2, 0) is 11.8 Å². The van der Waals surface area contributed by atoms with Crippen molar-refractivity contribution in [2.75, 3.05) is 30.4 Å². The highest BCUT2D eigenvalue weighted by Gasteiger charge is 2.53. The van der Waals surface area contributed by atoms with E-state index >= 15 is 0 Å². The largest absolute Gasteiger partial charge is 0.417 e. The molecule has 3 aromatic carbocycles. The number of fused-ring (bicyclic) bond motifs is 3. The van der Waals surface area contributed by atoms with Gasteiger partial charge in [0.05, 0.1) is 6.17 Å². The van der Waals surface area contributed by atoms with Crippen LogP contribution in [0.1, 0.15) is 24.5 Å². The third-order valence-corrected chi connectivity index (χ3v) is 6.93. The molecule has 2 aliphatic rings. The molecule has 1 saturated heterocycles. The number of benzene rings is 3. The van der Waals surface area contributed by atoms with Crippen molar-refractivity contribution in [3.05, 3.63) is 90.0 Å². The fourth-order valence-corrected chi connectivity index (χ4v) is 5.38. The van der Waals surface area contributed by atoms with Crippen molar-refractivity contribution in [3.8, 4) is 5.75 Å². The molecule has 0 aliphatic carbocycles. The number of nitrogens with zero attached hydrogens (tertiary/aromatic N) is 2. The molecule has 2 heterocycles. The third-order valence-electron chi connectivity index (χ3n) is 6.93. The summed E-state index contributed by atoms with van der Waals surface area (Å²) in [6.07, 6.45) is 1.98. The van der Waals surface area contributed by atoms with Crippen LogP contribution >= 0.6 is 0 Å². The van der Waals surface area contributed by atoms with Crippen molar-refractivity contribution in [3.63, 3.8) is 0 Å². The molecular formula is C27H29N3O2. The van der Waals surface area contributed by atoms with Gasteiger partial charge in [-0.2, -0.15) is 0 Å². The number of carbonyl (C=O) groups excluding carboxylic acids is 1. The molecule has 1 amide bonds. The second-order valence-electron chi connectivity index (χ2n) is 8.98. The van der Waals surface area contributed by atoms with Gasteiger partial charge in [0.25, 0.3) is 0 Å². The van der Waals surface area contributed by atoms with Crippen LogP contribution in [0.25, 0.3) is 0 Å². The van der Waals surface area contributed by atoms with Gasteiger partial charge < -0.3 is 9.64 Å². The molecule has 2 atom stereocenters. The molecule has 5 nitrogen and oxygen atoms in total. The van der Waals surface area contributed by atoms with Crippen LogP contribution in [0.15, 0.2) is 78.9 Å². The Morgan fingerprint density at radius 2 is 1.78 bits per heavy atom. The van der Waals surface area contributed by atoms with Gasteiger partial charge in [0.15, 0.2) is 0 Å². The molecule has 0 radical (unpaired) electrons. The van der Waals surface area contributed by atoms with Crippen molar-refractivity contribution >= 4 is 17.5 Å². The molecule has 32 heavy (non-hydrogen) atoms. The van der Waals surface area contributed by atoms with Gasteiger partial charge in [-0.05, 0) is 54.3 Å². The highest BCUT2D eigenvalue weighted by atomic mass is 16.6. The van der Waals surface area contributed by atoms with Gasteiger partial charge >= 0.3 is 6.09 Å². The number of likely N-dealkylation sites (N-methyl/N-ethyl adjacent to an activating group) is 1. The molecule has 5 rings (SSSR count). The standard InChI is InChI=1S/C27H29N3O2/c1-27-16-18-30(17-15-20-9-5-3-6-10-20)25(27)29(2)24-14-13-22(19-23(24)27)32-26(31)28-21-11-7-4-8-12-21/h3-14,19,25H,15-18H2,1-2H3,(H,28,31)/t25-,27-/m0/s1. The van der Waals surface area contributed by atoms with E-state index in [1.54, 1.807) is 0 Å². The summed E-state index contributed by atoms with van der Waals surface area (Å²) in [5.41, 5.74) is 4.58. The molecular weight excluding hydrogens is 398 g/mol. The Labute approximate surface area is 189 Å². The summed E-state index contributed by atoms with van der Waals surface area (Å²) in [5, 5.41) is 2.78. The van der Waals surface area contributed by atoms with Crippen molar-refractivity contribution in [2.24, 2.45) is 0 Å². The Morgan fingerprint density at radius 1 is 1.06 bits per heavy atom. The van der Waals surface area contributed by atoms with E-state index < -0.39 is 6.09 Å². The summed E-state index contributed by atoms with van der Waals surface area (Å²) in [7, 11) is 2.18. The molecule has 2 aliphatic heterocycles. The minimum Gasteiger partial charge on any atom is -0.410 e. The zero-order valence-electron chi connectivity index (χ0n) is 18.6. The van der Waals surface area contributed by atoms with Gasteiger partial charge in [0.1, 0.15) is 5.75 Å². The topological polar surface area (TPSA) is 44.8 Å². The van der Waals surface area contributed by atoms with E-state index in [4.69, 9.17) is 4.74 Å². The molecule has 0 saturated carbocycles. The smallest absolute Gasteiger partial charge is 0.410 e. The van der Waals surface area contributed by atoms with Crippen molar-refractivity contribution < 1.29 is 9.53 Å². The van der Waals surface area contributed by atoms with Gasteiger partial charge in [0.2, 0.25) is 0 Å². The van der Waals surface area contributed by atoms with Gasteiger partial charge in [-0.1, -0.05) is 55.5 Å². The monoisotopic (exact) mass is 427 g/mol. The maximum atomic E-state index is 12.4. The van der Waals surface area contributed by atoms with Crippen LogP contribution in [0.3, 0.4) is 0 Å². The lowest BCUT2D eigenvalue weighted by molar-refractivity contribution is 0.215. The first-order valence-electron chi connectivity index (χ1n) is 11.2. The number of nitrogens with one attached hydrogen (secondary N) is 1. The highest BCUT2D eigenvalue weighted by Crippen LogP contribution is 2.52. The van der Waals surface area contributed by atoms with Crippen LogP contribution < -0.4 is 15.0 Å². The highest BCUT2D eigenvalue weighted by molar-refractivity contribution is 5.86. The zero-order valence-corrected chi connectivity index (χ0v) is 18.6. The van der Waals surface area contributed by atoms with E-state index in [0.717, 1.165) is 31.6 Å². The fraction of sp³-hybridized carbons (Fsp3) is 0.296. The second-order valence-corrected chi connectivity index (χ2v) is 8.98. The Balaban J connectivity index is 1.31. The van der Waals surface area contributed by atoms with Crippen LogP contribution in [0.4, 0.5) is 16.2 Å². The molecule has 1 N–H and O–H groups in total. The first-order valence-corrected chi connectivity index (χ1v) is 11.2. The predicted octanol–water partition coefficient (Wildman–Crippen LogP) is 5.28. The Kier molecular flexibility index (Phi) is 5.35. The Morgan fingerprint density at radius 3 is 2.53 bits per heavy atom. The van der Waals surface area contributed by atoms with E-state index in [-0.39, 0.29) is 5.41 Å². The molecule has 3 aromatic rings. The molecule has 5 heteroatoms. The van der Waals surface area contributed by atoms with E-state index in [0.29, 0.717) is 11.9 Å². The van der Waals surface area contributed by atoms with Crippen molar-refractivity contribution in [1.82, 2.24) is 4.90 Å². The molecule has 164 valence electrons. The third kappa shape index (κ3) is 3.73. The number of carbonyl (C=O) groups is 1. The summed E-state index contributed by atoms with van der Waals surface area (Å²) in [6, 6.07) is 26.1. The molecule has 0 bridgehead atoms. The number of ether oxygens (including phenoxy) is 1. The SMILES string of the molecule is CN1c2ccc(OC(=O)Nc3ccccc3)cc2[C@]2(C)CCN(CCc3ccccc3)[C@H]12. The number of hydrogen-bond donors (Lipinski definition) is 1. The number of amides is 1. The van der Waals surface area contributed by atoms with Crippen LogP contribution in [-0.4, -0.2) is 37.3 Å². The van der Waals surface area contributed by atoms with Gasteiger partial charge in [0, 0.05) is 36.9 Å². The average Bonchev–Trinajstić information content (AvgIpc) is 3.25. The lowest BCUT2D eigenvalue weighted by Crippen LogP contribution is -2.47. The summed E-state index contributed by atoms with van der Waals surface area (Å²) >= 11 is 0. The Bertz CT molecular complexity index is 1100. The van der Waals surface area contributed by atoms with Crippen molar-refractivity contribution in [1.29, 1.82) is 0 Å². The zero-order chi connectivity index (χ0) is 22.1. The second kappa shape index (κ2) is 8.32. The Hall–Kier alpha value is -3.31. The van der Waals surface area contributed by atoms with Crippen LogP contribution in [0.5, 0.6) is 5.75 Å². The number of para-hydroxylation sites is 1. The van der Waals surface area contributed by atoms with Crippen molar-refractivity contribution in [2.45, 2.75) is 31.3 Å². The summed E-state index contributed by atoms with van der Waals surface area (Å²) in [4.78, 5) is 17.4. The molecule has 1 fully saturated rings. The fourth-order valence-electron chi connectivity index (χ4n) is 5.38. The summed E-state index contributed by atoms with van der Waals surface area (Å²) in [5.74, 6) is 0.579. The quantitative estimate of drug-likeness (QED) is 0.602. The first kappa shape index (κ1) is 20.6. The lowest BCUT2D eigenvalue weighted by Gasteiger charge is -2.34. The average molecular weight is 428 g/mol. The first-order chi connectivity index (χ1) is 15.5. The van der Waals surface area contributed by atoms with E-state index in [1.807, 2.05) is 36.4 Å². The van der Waals surface area contributed by atoms with E-state index in [2.05, 4.69) is 71.6 Å². The van der Waals surface area contributed by atoms with Gasteiger partial charge in [-0.3, -0.25) is 10.2 Å². The minimum atomic E-state index is -0.472.